The molecule has 28 heavy (non-hydrogen) atoms. The maximum atomic E-state index is 12.8. The Kier molecular flexibility index (Phi) is 6.02. The normalized spacial score (nSPS) is 15.4. The largest absolute Gasteiger partial charge is 0.366 e. The number of benzene rings is 2. The highest BCUT2D eigenvalue weighted by atomic mass is 35.5. The summed E-state index contributed by atoms with van der Waals surface area (Å²) < 4.78 is 26.9. The second-order valence-corrected chi connectivity index (χ2v) is 8.79. The Morgan fingerprint density at radius 1 is 0.964 bits per heavy atom. The number of amides is 2. The Morgan fingerprint density at radius 3 is 2.14 bits per heavy atom. The van der Waals surface area contributed by atoms with E-state index in [1.807, 2.05) is 6.07 Å². The molecule has 0 unspecified atom stereocenters. The molecule has 0 saturated carbocycles. The zero-order valence-corrected chi connectivity index (χ0v) is 16.6. The number of rotatable bonds is 5. The summed E-state index contributed by atoms with van der Waals surface area (Å²) in [5.74, 6) is -0.703. The van der Waals surface area contributed by atoms with Gasteiger partial charge in [0.05, 0.1) is 11.3 Å². The van der Waals surface area contributed by atoms with E-state index in [1.54, 1.807) is 23.1 Å². The SMILES string of the molecule is NC(=O)c1ccc(S(=O)(=O)N2CCN(C(=O)Cc3ccccc3Cl)CC2)cc1. The van der Waals surface area contributed by atoms with E-state index in [1.165, 1.54) is 28.6 Å². The van der Waals surface area contributed by atoms with E-state index in [0.717, 1.165) is 5.56 Å². The van der Waals surface area contributed by atoms with Gasteiger partial charge in [-0.3, -0.25) is 9.59 Å². The Hall–Kier alpha value is -2.42. The lowest BCUT2D eigenvalue weighted by Crippen LogP contribution is -2.50. The Labute approximate surface area is 168 Å². The summed E-state index contributed by atoms with van der Waals surface area (Å²) in [6.45, 7) is 1.02. The van der Waals surface area contributed by atoms with Gasteiger partial charge >= 0.3 is 0 Å². The number of piperazine rings is 1. The second-order valence-electron chi connectivity index (χ2n) is 6.44. The van der Waals surface area contributed by atoms with E-state index < -0.39 is 15.9 Å². The van der Waals surface area contributed by atoms with Crippen LogP contribution in [0.15, 0.2) is 53.4 Å². The third-order valence-corrected chi connectivity index (χ3v) is 6.95. The lowest BCUT2D eigenvalue weighted by Gasteiger charge is -2.34. The van der Waals surface area contributed by atoms with Gasteiger partial charge < -0.3 is 10.6 Å². The molecular weight excluding hydrogens is 402 g/mol. The maximum Gasteiger partial charge on any atom is 0.248 e. The minimum atomic E-state index is -3.70. The van der Waals surface area contributed by atoms with Crippen molar-refractivity contribution in [3.05, 3.63) is 64.7 Å². The molecule has 0 radical (unpaired) electrons. The molecule has 0 aromatic heterocycles. The molecule has 9 heteroatoms. The fraction of sp³-hybridized carbons (Fsp3) is 0.263. The van der Waals surface area contributed by atoms with Crippen LogP contribution in [-0.4, -0.2) is 55.6 Å². The molecule has 1 heterocycles. The third kappa shape index (κ3) is 4.35. The van der Waals surface area contributed by atoms with Crippen LogP contribution in [0.25, 0.3) is 0 Å². The Morgan fingerprint density at radius 2 is 1.57 bits per heavy atom. The van der Waals surface area contributed by atoms with Crippen molar-refractivity contribution >= 4 is 33.4 Å². The quantitative estimate of drug-likeness (QED) is 0.790. The van der Waals surface area contributed by atoms with Crippen LogP contribution < -0.4 is 5.73 Å². The summed E-state index contributed by atoms with van der Waals surface area (Å²) in [4.78, 5) is 25.4. The van der Waals surface area contributed by atoms with Gasteiger partial charge in [-0.05, 0) is 35.9 Å². The molecule has 0 bridgehead atoms. The molecule has 3 rings (SSSR count). The number of nitrogens with zero attached hydrogens (tertiary/aromatic N) is 2. The number of carbonyl (C=O) groups is 2. The first-order chi connectivity index (χ1) is 13.3. The number of sulfonamides is 1. The minimum absolute atomic E-state index is 0.0871. The van der Waals surface area contributed by atoms with E-state index in [2.05, 4.69) is 0 Å². The average Bonchev–Trinajstić information content (AvgIpc) is 2.70. The zero-order valence-electron chi connectivity index (χ0n) is 15.0. The Balaban J connectivity index is 1.63. The number of nitrogens with two attached hydrogens (primary N) is 1. The lowest BCUT2D eigenvalue weighted by atomic mass is 10.1. The monoisotopic (exact) mass is 421 g/mol. The van der Waals surface area contributed by atoms with Gasteiger partial charge in [0.25, 0.3) is 0 Å². The van der Waals surface area contributed by atoms with Gasteiger partial charge in [0, 0.05) is 36.8 Å². The van der Waals surface area contributed by atoms with Crippen LogP contribution in [0.4, 0.5) is 0 Å². The van der Waals surface area contributed by atoms with Gasteiger partial charge in [-0.15, -0.1) is 0 Å². The topological polar surface area (TPSA) is 101 Å². The molecule has 2 amide bonds. The summed E-state index contributed by atoms with van der Waals surface area (Å²) in [6.07, 6.45) is 0.182. The molecule has 2 aromatic carbocycles. The highest BCUT2D eigenvalue weighted by molar-refractivity contribution is 7.89. The van der Waals surface area contributed by atoms with E-state index in [9.17, 15) is 18.0 Å². The number of hydrogen-bond acceptors (Lipinski definition) is 4. The van der Waals surface area contributed by atoms with Gasteiger partial charge in [-0.25, -0.2) is 8.42 Å². The van der Waals surface area contributed by atoms with Gasteiger partial charge in [-0.2, -0.15) is 4.31 Å². The summed E-state index contributed by atoms with van der Waals surface area (Å²) in [5.41, 5.74) is 6.17. The van der Waals surface area contributed by atoms with Crippen LogP contribution in [-0.2, 0) is 21.2 Å². The van der Waals surface area contributed by atoms with Crippen molar-refractivity contribution in [2.75, 3.05) is 26.2 Å². The van der Waals surface area contributed by atoms with Crippen LogP contribution in [0.1, 0.15) is 15.9 Å². The van der Waals surface area contributed by atoms with E-state index in [0.29, 0.717) is 18.1 Å². The molecule has 148 valence electrons. The minimum Gasteiger partial charge on any atom is -0.366 e. The molecule has 2 N–H and O–H groups in total. The van der Waals surface area contributed by atoms with E-state index in [4.69, 9.17) is 17.3 Å². The van der Waals surface area contributed by atoms with Crippen molar-refractivity contribution in [1.82, 2.24) is 9.21 Å². The van der Waals surface area contributed by atoms with Crippen molar-refractivity contribution in [3.63, 3.8) is 0 Å². The standard InChI is InChI=1S/C19H20ClN3O4S/c20-17-4-2-1-3-15(17)13-18(24)22-9-11-23(12-10-22)28(26,27)16-7-5-14(6-8-16)19(21)25/h1-8H,9-13H2,(H2,21,25). The highest BCUT2D eigenvalue weighted by Gasteiger charge is 2.30. The van der Waals surface area contributed by atoms with Gasteiger partial charge in [-0.1, -0.05) is 29.8 Å². The fourth-order valence-electron chi connectivity index (χ4n) is 3.03. The second kappa shape index (κ2) is 8.30. The molecule has 0 spiro atoms. The van der Waals surface area contributed by atoms with Crippen LogP contribution in [0.5, 0.6) is 0 Å². The first-order valence-electron chi connectivity index (χ1n) is 8.70. The van der Waals surface area contributed by atoms with Crippen LogP contribution in [0.2, 0.25) is 5.02 Å². The number of halogens is 1. The smallest absolute Gasteiger partial charge is 0.248 e. The fourth-order valence-corrected chi connectivity index (χ4v) is 4.66. The molecule has 1 aliphatic rings. The predicted octanol–water partition coefficient (Wildman–Crippen LogP) is 1.51. The Bertz CT molecular complexity index is 984. The van der Waals surface area contributed by atoms with Crippen LogP contribution in [0, 0.1) is 0 Å². The molecule has 7 nitrogen and oxygen atoms in total. The first-order valence-corrected chi connectivity index (χ1v) is 10.5. The molecule has 1 fully saturated rings. The van der Waals surface area contributed by atoms with Gasteiger partial charge in [0.1, 0.15) is 0 Å². The molecule has 0 atom stereocenters. The highest BCUT2D eigenvalue weighted by Crippen LogP contribution is 2.20. The van der Waals surface area contributed by atoms with Crippen molar-refractivity contribution in [1.29, 1.82) is 0 Å². The summed E-state index contributed by atoms with van der Waals surface area (Å²) in [7, 11) is -3.70. The first kappa shape index (κ1) is 20.3. The van der Waals surface area contributed by atoms with Crippen molar-refractivity contribution < 1.29 is 18.0 Å². The summed E-state index contributed by atoms with van der Waals surface area (Å²) >= 11 is 6.10. The van der Waals surface area contributed by atoms with Crippen LogP contribution >= 0.6 is 11.6 Å². The number of carbonyl (C=O) groups excluding carboxylic acids is 2. The molecular formula is C19H20ClN3O4S. The summed E-state index contributed by atoms with van der Waals surface area (Å²) in [5, 5.41) is 0.538. The molecule has 0 aliphatic carbocycles. The average molecular weight is 422 g/mol. The molecule has 1 saturated heterocycles. The van der Waals surface area contributed by atoms with Crippen molar-refractivity contribution in [3.8, 4) is 0 Å². The number of hydrogen-bond donors (Lipinski definition) is 1. The summed E-state index contributed by atoms with van der Waals surface area (Å²) in [6, 6.07) is 12.7. The molecule has 2 aromatic rings. The van der Waals surface area contributed by atoms with Crippen LogP contribution in [0.3, 0.4) is 0 Å². The van der Waals surface area contributed by atoms with Gasteiger partial charge in [0.2, 0.25) is 21.8 Å². The lowest BCUT2D eigenvalue weighted by molar-refractivity contribution is -0.131. The number of primary amides is 1. The molecule has 1 aliphatic heterocycles. The van der Waals surface area contributed by atoms with E-state index in [-0.39, 0.29) is 35.9 Å². The zero-order chi connectivity index (χ0) is 20.3. The third-order valence-electron chi connectivity index (χ3n) is 4.67. The van der Waals surface area contributed by atoms with Gasteiger partial charge in [0.15, 0.2) is 0 Å². The maximum absolute atomic E-state index is 12.8. The predicted molar refractivity (Wildman–Crippen MR) is 105 cm³/mol. The van der Waals surface area contributed by atoms with Crippen molar-refractivity contribution in [2.45, 2.75) is 11.3 Å². The van der Waals surface area contributed by atoms with Crippen molar-refractivity contribution in [2.24, 2.45) is 5.73 Å². The van der Waals surface area contributed by atoms with E-state index >= 15 is 0 Å².